The molecular weight excluding hydrogens is 272 g/mol. The molecule has 1 aliphatic heterocycles. The molecule has 1 unspecified atom stereocenters. The summed E-state index contributed by atoms with van der Waals surface area (Å²) in [5.41, 5.74) is 0. The minimum absolute atomic E-state index is 0.147. The molecule has 19 heavy (non-hydrogen) atoms. The zero-order chi connectivity index (χ0) is 14.6. The van der Waals surface area contributed by atoms with Gasteiger partial charge in [0.1, 0.15) is 6.54 Å². The minimum atomic E-state index is -3.30. The SMILES string of the molecule is CCN(CC(=O)O)C(=O)C1CCCN(S(C)(=O)=O)C1. The van der Waals surface area contributed by atoms with Crippen LogP contribution in [0.25, 0.3) is 0 Å². The van der Waals surface area contributed by atoms with Crippen molar-refractivity contribution < 1.29 is 23.1 Å². The van der Waals surface area contributed by atoms with Gasteiger partial charge in [0.05, 0.1) is 12.2 Å². The van der Waals surface area contributed by atoms with Crippen LogP contribution in [-0.4, -0.2) is 67.0 Å². The van der Waals surface area contributed by atoms with Crippen molar-refractivity contribution in [1.82, 2.24) is 9.21 Å². The molecule has 1 fully saturated rings. The molecule has 1 saturated heterocycles. The summed E-state index contributed by atoms with van der Waals surface area (Å²) in [5.74, 6) is -1.79. The van der Waals surface area contributed by atoms with E-state index in [0.717, 1.165) is 6.26 Å². The maximum Gasteiger partial charge on any atom is 0.323 e. The number of hydrogen-bond donors (Lipinski definition) is 1. The van der Waals surface area contributed by atoms with Gasteiger partial charge in [0, 0.05) is 19.6 Å². The number of nitrogens with zero attached hydrogens (tertiary/aromatic N) is 2. The third kappa shape index (κ3) is 4.46. The summed E-state index contributed by atoms with van der Waals surface area (Å²) in [6.07, 6.45) is 2.34. The zero-order valence-electron chi connectivity index (χ0n) is 11.2. The minimum Gasteiger partial charge on any atom is -0.480 e. The fraction of sp³-hybridized carbons (Fsp3) is 0.818. The van der Waals surface area contributed by atoms with Crippen LogP contribution in [0.4, 0.5) is 0 Å². The third-order valence-corrected chi connectivity index (χ3v) is 4.49. The van der Waals surface area contributed by atoms with Crippen molar-refractivity contribution in [2.75, 3.05) is 32.4 Å². The Morgan fingerprint density at radius 1 is 1.42 bits per heavy atom. The Morgan fingerprint density at radius 3 is 2.53 bits per heavy atom. The lowest BCUT2D eigenvalue weighted by molar-refractivity contribution is -0.146. The van der Waals surface area contributed by atoms with Crippen LogP contribution in [-0.2, 0) is 19.6 Å². The van der Waals surface area contributed by atoms with Gasteiger partial charge in [-0.05, 0) is 19.8 Å². The topological polar surface area (TPSA) is 95.0 Å². The molecule has 1 atom stereocenters. The van der Waals surface area contributed by atoms with Crippen LogP contribution in [0.3, 0.4) is 0 Å². The first-order valence-corrected chi connectivity index (χ1v) is 8.06. The number of hydrogen-bond acceptors (Lipinski definition) is 4. The van der Waals surface area contributed by atoms with E-state index >= 15 is 0 Å². The van der Waals surface area contributed by atoms with Crippen LogP contribution in [0.15, 0.2) is 0 Å². The van der Waals surface area contributed by atoms with Crippen molar-refractivity contribution in [3.8, 4) is 0 Å². The van der Waals surface area contributed by atoms with E-state index in [4.69, 9.17) is 5.11 Å². The summed E-state index contributed by atoms with van der Waals surface area (Å²) in [6.45, 7) is 2.24. The Hall–Kier alpha value is -1.15. The highest BCUT2D eigenvalue weighted by atomic mass is 32.2. The average molecular weight is 292 g/mol. The van der Waals surface area contributed by atoms with Crippen molar-refractivity contribution in [2.45, 2.75) is 19.8 Å². The quantitative estimate of drug-likeness (QED) is 0.743. The molecule has 0 aromatic carbocycles. The fourth-order valence-electron chi connectivity index (χ4n) is 2.21. The average Bonchev–Trinajstić information content (AvgIpc) is 2.34. The van der Waals surface area contributed by atoms with Crippen molar-refractivity contribution in [3.05, 3.63) is 0 Å². The summed E-state index contributed by atoms with van der Waals surface area (Å²) < 4.78 is 24.2. The standard InChI is InChI=1S/C11H20N2O5S/c1-3-12(8-10(14)15)11(16)9-5-4-6-13(7-9)19(2,17)18/h9H,3-8H2,1-2H3,(H,14,15). The van der Waals surface area contributed by atoms with Crippen LogP contribution in [0.2, 0.25) is 0 Å². The number of rotatable bonds is 5. The van der Waals surface area contributed by atoms with E-state index in [1.54, 1.807) is 6.92 Å². The maximum absolute atomic E-state index is 12.2. The second-order valence-corrected chi connectivity index (χ2v) is 6.69. The Morgan fingerprint density at radius 2 is 2.05 bits per heavy atom. The Bertz CT molecular complexity index is 448. The van der Waals surface area contributed by atoms with Crippen molar-refractivity contribution in [1.29, 1.82) is 0 Å². The molecule has 0 spiro atoms. The first kappa shape index (κ1) is 15.9. The van der Waals surface area contributed by atoms with Crippen molar-refractivity contribution in [3.63, 3.8) is 0 Å². The van der Waals surface area contributed by atoms with Gasteiger partial charge in [0.25, 0.3) is 0 Å². The third-order valence-electron chi connectivity index (χ3n) is 3.22. The maximum atomic E-state index is 12.2. The lowest BCUT2D eigenvalue weighted by Crippen LogP contribution is -2.47. The first-order valence-electron chi connectivity index (χ1n) is 6.21. The predicted molar refractivity (Wildman–Crippen MR) is 69.0 cm³/mol. The number of carbonyl (C=O) groups is 2. The highest BCUT2D eigenvalue weighted by molar-refractivity contribution is 7.88. The first-order chi connectivity index (χ1) is 8.75. The summed E-state index contributed by atoms with van der Waals surface area (Å²) in [4.78, 5) is 24.1. The van der Waals surface area contributed by atoms with E-state index in [-0.39, 0.29) is 19.0 Å². The van der Waals surface area contributed by atoms with Crippen LogP contribution < -0.4 is 0 Å². The van der Waals surface area contributed by atoms with Gasteiger partial charge in [0.15, 0.2) is 0 Å². The highest BCUT2D eigenvalue weighted by Crippen LogP contribution is 2.20. The fourth-order valence-corrected chi connectivity index (χ4v) is 3.12. The molecule has 1 amide bonds. The summed E-state index contributed by atoms with van der Waals surface area (Å²) in [5, 5.41) is 8.74. The number of aliphatic carboxylic acids is 1. The number of carboxylic acid groups (broad SMARTS) is 1. The van der Waals surface area contributed by atoms with Crippen LogP contribution in [0.5, 0.6) is 0 Å². The molecule has 1 N–H and O–H groups in total. The molecule has 0 aromatic heterocycles. The van der Waals surface area contributed by atoms with Crippen LogP contribution in [0, 0.1) is 5.92 Å². The Kier molecular flexibility index (Phi) is 5.30. The smallest absolute Gasteiger partial charge is 0.323 e. The molecule has 0 aliphatic carbocycles. The number of amides is 1. The van der Waals surface area contributed by atoms with Gasteiger partial charge in [-0.15, -0.1) is 0 Å². The molecule has 0 radical (unpaired) electrons. The lowest BCUT2D eigenvalue weighted by Gasteiger charge is -2.32. The van der Waals surface area contributed by atoms with E-state index in [1.165, 1.54) is 9.21 Å². The zero-order valence-corrected chi connectivity index (χ0v) is 12.0. The van der Waals surface area contributed by atoms with Gasteiger partial charge in [-0.3, -0.25) is 9.59 Å². The normalized spacial score (nSPS) is 21.1. The molecule has 0 saturated carbocycles. The second kappa shape index (κ2) is 6.33. The van der Waals surface area contributed by atoms with E-state index < -0.39 is 21.9 Å². The summed E-state index contributed by atoms with van der Waals surface area (Å²) >= 11 is 0. The van der Waals surface area contributed by atoms with E-state index in [1.807, 2.05) is 0 Å². The highest BCUT2D eigenvalue weighted by Gasteiger charge is 2.32. The monoisotopic (exact) mass is 292 g/mol. The molecule has 0 aromatic rings. The molecule has 0 bridgehead atoms. The van der Waals surface area contributed by atoms with E-state index in [2.05, 4.69) is 0 Å². The molecule has 1 rings (SSSR count). The Labute approximate surface area is 113 Å². The number of likely N-dealkylation sites (N-methyl/N-ethyl adjacent to an activating group) is 1. The van der Waals surface area contributed by atoms with E-state index in [9.17, 15) is 18.0 Å². The van der Waals surface area contributed by atoms with Gasteiger partial charge in [0.2, 0.25) is 15.9 Å². The number of sulfonamides is 1. The van der Waals surface area contributed by atoms with Crippen LogP contribution in [0.1, 0.15) is 19.8 Å². The molecular formula is C11H20N2O5S. The largest absolute Gasteiger partial charge is 0.480 e. The van der Waals surface area contributed by atoms with Gasteiger partial charge >= 0.3 is 5.97 Å². The van der Waals surface area contributed by atoms with E-state index in [0.29, 0.717) is 25.9 Å². The predicted octanol–water partition coefficient (Wildman–Crippen LogP) is -0.409. The molecule has 1 heterocycles. The van der Waals surface area contributed by atoms with Gasteiger partial charge in [-0.2, -0.15) is 0 Å². The van der Waals surface area contributed by atoms with Crippen LogP contribution >= 0.6 is 0 Å². The lowest BCUT2D eigenvalue weighted by atomic mass is 9.98. The summed E-state index contributed by atoms with van der Waals surface area (Å²) in [7, 11) is -3.30. The van der Waals surface area contributed by atoms with Gasteiger partial charge < -0.3 is 10.0 Å². The van der Waals surface area contributed by atoms with Crippen molar-refractivity contribution >= 4 is 21.9 Å². The molecule has 7 nitrogen and oxygen atoms in total. The Balaban J connectivity index is 2.73. The number of carboxylic acids is 1. The van der Waals surface area contributed by atoms with Gasteiger partial charge in [-0.1, -0.05) is 0 Å². The second-order valence-electron chi connectivity index (χ2n) is 4.71. The molecule has 8 heteroatoms. The molecule has 110 valence electrons. The summed E-state index contributed by atoms with van der Waals surface area (Å²) in [6, 6.07) is 0. The number of piperidine rings is 1. The molecule has 1 aliphatic rings. The van der Waals surface area contributed by atoms with Gasteiger partial charge in [-0.25, -0.2) is 12.7 Å². The number of carbonyl (C=O) groups excluding carboxylic acids is 1. The van der Waals surface area contributed by atoms with Crippen molar-refractivity contribution in [2.24, 2.45) is 5.92 Å².